The molecule has 0 aliphatic heterocycles. The summed E-state index contributed by atoms with van der Waals surface area (Å²) >= 11 is 12.5. The highest BCUT2D eigenvalue weighted by Gasteiger charge is 2.22. The average Bonchev–Trinajstić information content (AvgIpc) is 3.03. The lowest BCUT2D eigenvalue weighted by molar-refractivity contribution is 0.259. The molecule has 0 spiro atoms. The summed E-state index contributed by atoms with van der Waals surface area (Å²) in [5.41, 5.74) is 1.33. The van der Waals surface area contributed by atoms with Gasteiger partial charge in [-0.15, -0.1) is 0 Å². The first-order valence-corrected chi connectivity index (χ1v) is 9.79. The van der Waals surface area contributed by atoms with Gasteiger partial charge in [0.05, 0.1) is 10.0 Å². The molecule has 2 aromatic heterocycles. The van der Waals surface area contributed by atoms with Crippen LogP contribution in [0.25, 0.3) is 10.9 Å². The van der Waals surface area contributed by atoms with Crippen molar-refractivity contribution >= 4 is 44.1 Å². The van der Waals surface area contributed by atoms with Crippen molar-refractivity contribution in [3.05, 3.63) is 51.8 Å². The van der Waals surface area contributed by atoms with Gasteiger partial charge in [-0.05, 0) is 37.3 Å². The van der Waals surface area contributed by atoms with E-state index in [9.17, 15) is 8.42 Å². The molecule has 0 bridgehead atoms. The third kappa shape index (κ3) is 3.53. The van der Waals surface area contributed by atoms with E-state index in [-0.39, 0.29) is 11.7 Å². The smallest absolute Gasteiger partial charge is 0.275 e. The van der Waals surface area contributed by atoms with E-state index < -0.39 is 10.0 Å². The quantitative estimate of drug-likeness (QED) is 0.622. The highest BCUT2D eigenvalue weighted by Crippen LogP contribution is 2.37. The molecule has 0 saturated carbocycles. The van der Waals surface area contributed by atoms with Crippen LogP contribution in [-0.4, -0.2) is 31.8 Å². The van der Waals surface area contributed by atoms with Crippen LogP contribution in [0.3, 0.4) is 0 Å². The molecule has 138 valence electrons. The fourth-order valence-electron chi connectivity index (χ4n) is 2.33. The first kappa shape index (κ1) is 19.0. The van der Waals surface area contributed by atoms with Gasteiger partial charge in [-0.25, -0.2) is 17.7 Å². The number of nitrogens with zero attached hydrogens (tertiary/aromatic N) is 2. The number of aryl methyl sites for hydroxylation is 1. The lowest BCUT2D eigenvalue weighted by atomic mass is 10.2. The van der Waals surface area contributed by atoms with Crippen molar-refractivity contribution < 1.29 is 17.6 Å². The highest BCUT2D eigenvalue weighted by molar-refractivity contribution is 7.88. The van der Waals surface area contributed by atoms with E-state index in [0.29, 0.717) is 32.5 Å². The Kier molecular flexibility index (Phi) is 5.16. The second kappa shape index (κ2) is 7.08. The minimum Gasteiger partial charge on any atom is -0.482 e. The molecule has 9 heteroatoms. The molecule has 0 saturated heterocycles. The van der Waals surface area contributed by atoms with Crippen LogP contribution in [0.4, 0.5) is 0 Å². The Morgan fingerprint density at radius 1 is 1.15 bits per heavy atom. The predicted octanol–water partition coefficient (Wildman–Crippen LogP) is 4.27. The molecular formula is C17H16Cl2N2O4S. The number of hydrogen-bond acceptors (Lipinski definition) is 5. The predicted molar refractivity (Wildman–Crippen MR) is 100 cm³/mol. The zero-order valence-electron chi connectivity index (χ0n) is 14.3. The normalized spacial score (nSPS) is 12.1. The van der Waals surface area contributed by atoms with Gasteiger partial charge in [0.15, 0.2) is 5.75 Å². The molecular weight excluding hydrogens is 399 g/mol. The van der Waals surface area contributed by atoms with Crippen LogP contribution in [0.5, 0.6) is 5.75 Å². The maximum Gasteiger partial charge on any atom is 0.275 e. The van der Waals surface area contributed by atoms with Crippen LogP contribution in [0.15, 0.2) is 39.8 Å². The molecule has 0 fully saturated rings. The molecule has 0 aliphatic carbocycles. The van der Waals surface area contributed by atoms with Gasteiger partial charge >= 0.3 is 0 Å². The standard InChI is InChI=1S/C17H16Cl2N2O4S/c1-10-4-6-12-13(18)8-14(19)17(16(12)20-10)24-9-11-5-7-15(25-11)26(22,23)21(2)3/h4-8H,9H2,1-3H3. The molecule has 0 N–H and O–H groups in total. The van der Waals surface area contributed by atoms with Crippen LogP contribution >= 0.6 is 23.2 Å². The van der Waals surface area contributed by atoms with Crippen LogP contribution in [0, 0.1) is 6.92 Å². The summed E-state index contributed by atoms with van der Waals surface area (Å²) in [7, 11) is -0.773. The Morgan fingerprint density at radius 2 is 1.88 bits per heavy atom. The fourth-order valence-corrected chi connectivity index (χ4v) is 3.71. The van der Waals surface area contributed by atoms with E-state index in [1.807, 2.05) is 19.1 Å². The van der Waals surface area contributed by atoms with Crippen molar-refractivity contribution in [3.8, 4) is 5.75 Å². The summed E-state index contributed by atoms with van der Waals surface area (Å²) in [6.45, 7) is 1.85. The van der Waals surface area contributed by atoms with E-state index in [4.69, 9.17) is 32.4 Å². The Bertz CT molecular complexity index is 1080. The molecule has 6 nitrogen and oxygen atoms in total. The summed E-state index contributed by atoms with van der Waals surface area (Å²) in [5.74, 6) is 0.709. The maximum absolute atomic E-state index is 12.1. The second-order valence-corrected chi connectivity index (χ2v) is 8.71. The molecule has 0 radical (unpaired) electrons. The third-order valence-electron chi connectivity index (χ3n) is 3.71. The Hall–Kier alpha value is -1.80. The number of pyridine rings is 1. The topological polar surface area (TPSA) is 72.6 Å². The monoisotopic (exact) mass is 414 g/mol. The van der Waals surface area contributed by atoms with Crippen LogP contribution < -0.4 is 4.74 Å². The number of rotatable bonds is 5. The van der Waals surface area contributed by atoms with E-state index in [1.165, 1.54) is 20.2 Å². The first-order valence-electron chi connectivity index (χ1n) is 7.59. The Morgan fingerprint density at radius 3 is 2.58 bits per heavy atom. The van der Waals surface area contributed by atoms with Crippen molar-refractivity contribution in [3.63, 3.8) is 0 Å². The van der Waals surface area contributed by atoms with E-state index in [1.54, 1.807) is 12.1 Å². The molecule has 0 atom stereocenters. The SMILES string of the molecule is Cc1ccc2c(Cl)cc(Cl)c(OCc3ccc(S(=O)(=O)N(C)C)o3)c2n1. The van der Waals surface area contributed by atoms with Gasteiger partial charge in [0.1, 0.15) is 17.9 Å². The number of furan rings is 1. The van der Waals surface area contributed by atoms with Gasteiger partial charge in [-0.2, -0.15) is 0 Å². The van der Waals surface area contributed by atoms with E-state index >= 15 is 0 Å². The fraction of sp³-hybridized carbons (Fsp3) is 0.235. The van der Waals surface area contributed by atoms with Crippen LogP contribution in [0.2, 0.25) is 10.0 Å². The zero-order valence-corrected chi connectivity index (χ0v) is 16.6. The van der Waals surface area contributed by atoms with E-state index in [2.05, 4.69) is 4.98 Å². The maximum atomic E-state index is 12.1. The van der Waals surface area contributed by atoms with Gasteiger partial charge in [-0.3, -0.25) is 0 Å². The lowest BCUT2D eigenvalue weighted by Crippen LogP contribution is -2.21. The minimum atomic E-state index is -3.64. The molecule has 0 amide bonds. The number of halogens is 2. The van der Waals surface area contributed by atoms with Crippen LogP contribution in [0.1, 0.15) is 11.5 Å². The summed E-state index contributed by atoms with van der Waals surface area (Å²) in [6, 6.07) is 8.20. The van der Waals surface area contributed by atoms with E-state index in [0.717, 1.165) is 10.00 Å². The van der Waals surface area contributed by atoms with Crippen LogP contribution in [-0.2, 0) is 16.6 Å². The summed E-state index contributed by atoms with van der Waals surface area (Å²) in [5, 5.41) is 1.35. The minimum absolute atomic E-state index is 0.00494. The van der Waals surface area contributed by atoms with Gasteiger partial charge in [-0.1, -0.05) is 23.2 Å². The highest BCUT2D eigenvalue weighted by atomic mass is 35.5. The molecule has 2 heterocycles. The average molecular weight is 415 g/mol. The summed E-state index contributed by atoms with van der Waals surface area (Å²) < 4.78 is 36.4. The molecule has 3 rings (SSSR count). The van der Waals surface area contributed by atoms with Crippen molar-refractivity contribution in [1.29, 1.82) is 0 Å². The zero-order chi connectivity index (χ0) is 19.1. The number of sulfonamides is 1. The molecule has 1 aromatic carbocycles. The van der Waals surface area contributed by atoms with Gasteiger partial charge in [0, 0.05) is 25.2 Å². The van der Waals surface area contributed by atoms with Gasteiger partial charge < -0.3 is 9.15 Å². The molecule has 26 heavy (non-hydrogen) atoms. The van der Waals surface area contributed by atoms with Gasteiger partial charge in [0.2, 0.25) is 5.09 Å². The molecule has 0 aliphatic rings. The number of hydrogen-bond donors (Lipinski definition) is 0. The summed E-state index contributed by atoms with van der Waals surface area (Å²) in [4.78, 5) is 4.45. The van der Waals surface area contributed by atoms with Crippen molar-refractivity contribution in [2.45, 2.75) is 18.6 Å². The number of aromatic nitrogens is 1. The molecule has 3 aromatic rings. The van der Waals surface area contributed by atoms with Gasteiger partial charge in [0.25, 0.3) is 10.0 Å². The number of fused-ring (bicyclic) bond motifs is 1. The van der Waals surface area contributed by atoms with Crippen molar-refractivity contribution in [1.82, 2.24) is 9.29 Å². The first-order chi connectivity index (χ1) is 12.2. The third-order valence-corrected chi connectivity index (χ3v) is 5.99. The largest absolute Gasteiger partial charge is 0.482 e. The van der Waals surface area contributed by atoms with Crippen molar-refractivity contribution in [2.24, 2.45) is 0 Å². The lowest BCUT2D eigenvalue weighted by Gasteiger charge is -2.11. The number of benzene rings is 1. The Balaban J connectivity index is 1.92. The Labute approximate surface area is 161 Å². The second-order valence-electron chi connectivity index (χ2n) is 5.81. The van der Waals surface area contributed by atoms with Crippen molar-refractivity contribution in [2.75, 3.05) is 14.1 Å². The number of ether oxygens (including phenoxy) is 1. The molecule has 0 unspecified atom stereocenters. The summed E-state index contributed by atoms with van der Waals surface area (Å²) in [6.07, 6.45) is 0.